The minimum Gasteiger partial charge on any atom is -0.467 e. The first-order chi connectivity index (χ1) is 11.3. The van der Waals surface area contributed by atoms with Gasteiger partial charge in [-0.15, -0.1) is 0 Å². The molecule has 0 bridgehead atoms. The monoisotopic (exact) mass is 303 g/mol. The highest BCUT2D eigenvalue weighted by molar-refractivity contribution is 5.86. The Kier molecular flexibility index (Phi) is 3.35. The summed E-state index contributed by atoms with van der Waals surface area (Å²) in [5.41, 5.74) is 4.41. The molecule has 0 fully saturated rings. The van der Waals surface area contributed by atoms with E-state index in [1.54, 1.807) is 12.5 Å². The van der Waals surface area contributed by atoms with E-state index in [1.807, 2.05) is 36.5 Å². The number of aryl methyl sites for hydroxylation is 1. The lowest BCUT2D eigenvalue weighted by atomic mass is 10.0. The number of nitrogens with zero attached hydrogens (tertiary/aromatic N) is 1. The van der Waals surface area contributed by atoms with Gasteiger partial charge in [0.05, 0.1) is 12.0 Å². The zero-order valence-electron chi connectivity index (χ0n) is 12.8. The van der Waals surface area contributed by atoms with Crippen molar-refractivity contribution in [3.8, 4) is 0 Å². The maximum absolute atomic E-state index is 5.70. The first-order valence-electron chi connectivity index (χ1n) is 7.60. The largest absolute Gasteiger partial charge is 0.467 e. The zero-order chi connectivity index (χ0) is 15.6. The standard InChI is InChI=1S/C19H17N3O/c1-13-18(15-7-2-3-8-16(15)21-13)19(17-9-5-11-23-17)22-14-6-4-10-20-12-14/h2-12,19,21-22H,1H3. The highest BCUT2D eigenvalue weighted by atomic mass is 16.3. The van der Waals surface area contributed by atoms with Gasteiger partial charge in [0.15, 0.2) is 0 Å². The lowest BCUT2D eigenvalue weighted by Crippen LogP contribution is -2.12. The molecule has 0 radical (unpaired) electrons. The summed E-state index contributed by atoms with van der Waals surface area (Å²) in [6.45, 7) is 2.09. The molecule has 2 N–H and O–H groups in total. The maximum atomic E-state index is 5.70. The molecule has 0 aliphatic rings. The Morgan fingerprint density at radius 3 is 2.78 bits per heavy atom. The Hall–Kier alpha value is -3.01. The van der Waals surface area contributed by atoms with E-state index in [-0.39, 0.29) is 6.04 Å². The van der Waals surface area contributed by atoms with Crippen LogP contribution in [0, 0.1) is 6.92 Å². The van der Waals surface area contributed by atoms with Gasteiger partial charge >= 0.3 is 0 Å². The number of para-hydroxylation sites is 1. The van der Waals surface area contributed by atoms with Crippen molar-refractivity contribution in [2.75, 3.05) is 5.32 Å². The molecule has 4 aromatic rings. The first-order valence-corrected chi connectivity index (χ1v) is 7.60. The van der Waals surface area contributed by atoms with Gasteiger partial charge in [0, 0.05) is 34.6 Å². The third kappa shape index (κ3) is 2.48. The number of benzene rings is 1. The van der Waals surface area contributed by atoms with Gasteiger partial charge in [-0.3, -0.25) is 4.98 Å². The molecule has 23 heavy (non-hydrogen) atoms. The van der Waals surface area contributed by atoms with Crippen LogP contribution < -0.4 is 5.32 Å². The van der Waals surface area contributed by atoms with Crippen LogP contribution in [-0.4, -0.2) is 9.97 Å². The van der Waals surface area contributed by atoms with Crippen molar-refractivity contribution < 1.29 is 4.42 Å². The van der Waals surface area contributed by atoms with Gasteiger partial charge in [-0.1, -0.05) is 18.2 Å². The molecule has 1 unspecified atom stereocenters. The van der Waals surface area contributed by atoms with Gasteiger partial charge in [0.1, 0.15) is 11.8 Å². The number of rotatable bonds is 4. The van der Waals surface area contributed by atoms with Crippen molar-refractivity contribution in [1.82, 2.24) is 9.97 Å². The molecule has 0 aliphatic carbocycles. The third-order valence-corrected chi connectivity index (χ3v) is 4.03. The highest BCUT2D eigenvalue weighted by Crippen LogP contribution is 2.34. The van der Waals surface area contributed by atoms with Gasteiger partial charge in [-0.25, -0.2) is 0 Å². The summed E-state index contributed by atoms with van der Waals surface area (Å²) in [7, 11) is 0. The van der Waals surface area contributed by atoms with Gasteiger partial charge in [-0.2, -0.15) is 0 Å². The Bertz CT molecular complexity index is 910. The second kappa shape index (κ2) is 5.65. The molecule has 3 heterocycles. The Balaban J connectivity index is 1.86. The zero-order valence-corrected chi connectivity index (χ0v) is 12.8. The van der Waals surface area contributed by atoms with Crippen molar-refractivity contribution in [3.05, 3.63) is 84.2 Å². The molecule has 1 atom stereocenters. The van der Waals surface area contributed by atoms with E-state index in [0.29, 0.717) is 0 Å². The number of nitrogens with one attached hydrogen (secondary N) is 2. The normalized spacial score (nSPS) is 12.4. The fourth-order valence-corrected chi connectivity index (χ4v) is 3.03. The van der Waals surface area contributed by atoms with Crippen LogP contribution in [0.3, 0.4) is 0 Å². The van der Waals surface area contributed by atoms with E-state index in [1.165, 1.54) is 10.9 Å². The number of furan rings is 1. The van der Waals surface area contributed by atoms with Crippen LogP contribution in [0.5, 0.6) is 0 Å². The Morgan fingerprint density at radius 2 is 2.00 bits per heavy atom. The molecule has 0 amide bonds. The van der Waals surface area contributed by atoms with Crippen LogP contribution in [0.25, 0.3) is 10.9 Å². The van der Waals surface area contributed by atoms with E-state index in [9.17, 15) is 0 Å². The lowest BCUT2D eigenvalue weighted by Gasteiger charge is -2.18. The van der Waals surface area contributed by atoms with E-state index >= 15 is 0 Å². The maximum Gasteiger partial charge on any atom is 0.130 e. The summed E-state index contributed by atoms with van der Waals surface area (Å²) in [6, 6.07) is 16.1. The molecule has 3 aromatic heterocycles. The van der Waals surface area contributed by atoms with Gasteiger partial charge in [-0.05, 0) is 37.3 Å². The molecule has 1 aromatic carbocycles. The average molecular weight is 303 g/mol. The molecule has 0 spiro atoms. The van der Waals surface area contributed by atoms with Crippen LogP contribution >= 0.6 is 0 Å². The fraction of sp³-hybridized carbons (Fsp3) is 0.105. The van der Waals surface area contributed by atoms with E-state index in [4.69, 9.17) is 4.42 Å². The first kappa shape index (κ1) is 13.6. The second-order valence-electron chi connectivity index (χ2n) is 5.54. The number of pyridine rings is 1. The second-order valence-corrected chi connectivity index (χ2v) is 5.54. The molecule has 4 heteroatoms. The molecule has 0 saturated heterocycles. The van der Waals surface area contributed by atoms with Crippen molar-refractivity contribution in [1.29, 1.82) is 0 Å². The predicted molar refractivity (Wildman–Crippen MR) is 91.4 cm³/mol. The number of aromatic amines is 1. The molecule has 4 rings (SSSR count). The van der Waals surface area contributed by atoms with E-state index in [0.717, 1.165) is 22.7 Å². The highest BCUT2D eigenvalue weighted by Gasteiger charge is 2.23. The molecule has 0 aliphatic heterocycles. The lowest BCUT2D eigenvalue weighted by molar-refractivity contribution is 0.499. The van der Waals surface area contributed by atoms with Gasteiger partial charge in [0.25, 0.3) is 0 Å². The minimum atomic E-state index is -0.0784. The summed E-state index contributed by atoms with van der Waals surface area (Å²) >= 11 is 0. The van der Waals surface area contributed by atoms with Crippen molar-refractivity contribution in [3.63, 3.8) is 0 Å². The van der Waals surface area contributed by atoms with Crippen LogP contribution in [-0.2, 0) is 0 Å². The number of hydrogen-bond donors (Lipinski definition) is 2. The summed E-state index contributed by atoms with van der Waals surface area (Å²) in [4.78, 5) is 7.64. The van der Waals surface area contributed by atoms with Crippen molar-refractivity contribution >= 4 is 16.6 Å². The molecule has 114 valence electrons. The number of aromatic nitrogens is 2. The average Bonchev–Trinajstić information content (AvgIpc) is 3.21. The molecular weight excluding hydrogens is 286 g/mol. The summed E-state index contributed by atoms with van der Waals surface area (Å²) in [6.07, 6.45) is 5.29. The Morgan fingerprint density at radius 1 is 1.09 bits per heavy atom. The SMILES string of the molecule is Cc1[nH]c2ccccc2c1C(Nc1cccnc1)c1ccco1. The van der Waals surface area contributed by atoms with Crippen LogP contribution in [0.2, 0.25) is 0 Å². The van der Waals surface area contributed by atoms with Crippen LogP contribution in [0.4, 0.5) is 5.69 Å². The quantitative estimate of drug-likeness (QED) is 0.576. The van der Waals surface area contributed by atoms with E-state index < -0.39 is 0 Å². The fourth-order valence-electron chi connectivity index (χ4n) is 3.03. The summed E-state index contributed by atoms with van der Waals surface area (Å²) in [5, 5.41) is 4.74. The molecular formula is C19H17N3O. The number of H-pyrrole nitrogens is 1. The summed E-state index contributed by atoms with van der Waals surface area (Å²) in [5.74, 6) is 0.877. The Labute approximate surface area is 134 Å². The van der Waals surface area contributed by atoms with Gasteiger partial charge in [0.2, 0.25) is 0 Å². The smallest absolute Gasteiger partial charge is 0.130 e. The molecule has 0 saturated carbocycles. The van der Waals surface area contributed by atoms with Gasteiger partial charge < -0.3 is 14.7 Å². The summed E-state index contributed by atoms with van der Waals surface area (Å²) < 4.78 is 5.70. The predicted octanol–water partition coefficient (Wildman–Crippen LogP) is 4.67. The van der Waals surface area contributed by atoms with Crippen LogP contribution in [0.15, 0.2) is 71.6 Å². The topological polar surface area (TPSA) is 53.9 Å². The number of anilines is 1. The molecule has 4 nitrogen and oxygen atoms in total. The van der Waals surface area contributed by atoms with Crippen LogP contribution in [0.1, 0.15) is 23.1 Å². The minimum absolute atomic E-state index is 0.0784. The van der Waals surface area contributed by atoms with Crippen molar-refractivity contribution in [2.24, 2.45) is 0 Å². The van der Waals surface area contributed by atoms with Crippen molar-refractivity contribution in [2.45, 2.75) is 13.0 Å². The number of fused-ring (bicyclic) bond motifs is 1. The van der Waals surface area contributed by atoms with E-state index in [2.05, 4.69) is 40.4 Å². The number of hydrogen-bond acceptors (Lipinski definition) is 3. The third-order valence-electron chi connectivity index (χ3n) is 4.03.